The van der Waals surface area contributed by atoms with Gasteiger partial charge in [0.2, 0.25) is 0 Å². The molecule has 19 heavy (non-hydrogen) atoms. The zero-order valence-electron chi connectivity index (χ0n) is 10.2. The van der Waals surface area contributed by atoms with Crippen molar-refractivity contribution in [2.24, 2.45) is 0 Å². The summed E-state index contributed by atoms with van der Waals surface area (Å²) in [6.07, 6.45) is -2.87. The molecule has 0 radical (unpaired) electrons. The highest BCUT2D eigenvalue weighted by Gasteiger charge is 2.34. The average molecular weight is 335 g/mol. The van der Waals surface area contributed by atoms with Crippen molar-refractivity contribution in [1.82, 2.24) is 4.90 Å². The van der Waals surface area contributed by atoms with Crippen LogP contribution in [0.4, 0.5) is 18.9 Å². The van der Waals surface area contributed by atoms with Gasteiger partial charge in [-0.15, -0.1) is 0 Å². The Morgan fingerprint density at radius 1 is 1.32 bits per heavy atom. The maximum atomic E-state index is 12.5. The summed E-state index contributed by atoms with van der Waals surface area (Å²) in [4.78, 5) is 1.97. The molecule has 1 aromatic rings. The van der Waals surface area contributed by atoms with Crippen molar-refractivity contribution < 1.29 is 13.2 Å². The maximum absolute atomic E-state index is 12.5. The number of nitrogen functional groups attached to an aromatic ring is 1. The lowest BCUT2D eigenvalue weighted by molar-refractivity contribution is -0.0960. The van der Waals surface area contributed by atoms with E-state index in [1.165, 1.54) is 6.08 Å². The molecular formula is C13H14BrF3N2. The Kier molecular flexibility index (Phi) is 4.20. The lowest BCUT2D eigenvalue weighted by Gasteiger charge is -2.27. The Bertz CT molecular complexity index is 497. The van der Waals surface area contributed by atoms with E-state index < -0.39 is 11.7 Å². The summed E-state index contributed by atoms with van der Waals surface area (Å²) in [6, 6.07) is 5.61. The summed E-state index contributed by atoms with van der Waals surface area (Å²) in [6.45, 7) is 1.35. The van der Waals surface area contributed by atoms with Crippen molar-refractivity contribution in [1.29, 1.82) is 0 Å². The van der Waals surface area contributed by atoms with Crippen molar-refractivity contribution in [2.45, 2.75) is 19.1 Å². The van der Waals surface area contributed by atoms with Gasteiger partial charge < -0.3 is 5.73 Å². The molecule has 1 heterocycles. The number of rotatable bonds is 2. The number of alkyl halides is 3. The van der Waals surface area contributed by atoms with Crippen LogP contribution in [0, 0.1) is 0 Å². The molecular weight excluding hydrogens is 321 g/mol. The third kappa shape index (κ3) is 3.73. The number of nitrogens with zero attached hydrogens (tertiary/aromatic N) is 1. The second-order valence-electron chi connectivity index (χ2n) is 4.57. The summed E-state index contributed by atoms with van der Waals surface area (Å²) in [7, 11) is 0. The van der Waals surface area contributed by atoms with Gasteiger partial charge in [-0.25, -0.2) is 0 Å². The second-order valence-corrected chi connectivity index (χ2v) is 5.42. The number of hydrogen-bond donors (Lipinski definition) is 1. The molecule has 0 aliphatic carbocycles. The van der Waals surface area contributed by atoms with Gasteiger partial charge in [0.15, 0.2) is 0 Å². The minimum absolute atomic E-state index is 0.0511. The molecule has 1 aliphatic rings. The van der Waals surface area contributed by atoms with Gasteiger partial charge in [0.1, 0.15) is 0 Å². The van der Waals surface area contributed by atoms with Crippen LogP contribution in [0.15, 0.2) is 34.3 Å². The third-order valence-corrected chi connectivity index (χ3v) is 3.85. The Morgan fingerprint density at radius 3 is 2.58 bits per heavy atom. The molecule has 6 heteroatoms. The van der Waals surface area contributed by atoms with Crippen molar-refractivity contribution in [3.05, 3.63) is 39.9 Å². The maximum Gasteiger partial charge on any atom is 0.412 e. The first-order chi connectivity index (χ1) is 8.86. The quantitative estimate of drug-likeness (QED) is 0.659. The Hall–Kier alpha value is -1.01. The third-order valence-electron chi connectivity index (χ3n) is 3.12. The molecule has 0 atom stereocenters. The van der Waals surface area contributed by atoms with Gasteiger partial charge in [-0.3, -0.25) is 4.90 Å². The van der Waals surface area contributed by atoms with Crippen molar-refractivity contribution in [3.8, 4) is 0 Å². The van der Waals surface area contributed by atoms with E-state index in [9.17, 15) is 13.2 Å². The number of benzene rings is 1. The predicted octanol–water partition coefficient (Wildman–Crippen LogP) is 3.73. The van der Waals surface area contributed by atoms with Gasteiger partial charge in [0.25, 0.3) is 0 Å². The van der Waals surface area contributed by atoms with Gasteiger partial charge in [0.05, 0.1) is 0 Å². The zero-order chi connectivity index (χ0) is 14.0. The first-order valence-corrected chi connectivity index (χ1v) is 6.68. The number of hydrogen-bond acceptors (Lipinski definition) is 2. The van der Waals surface area contributed by atoms with Crippen LogP contribution < -0.4 is 5.73 Å². The van der Waals surface area contributed by atoms with E-state index in [1.54, 1.807) is 0 Å². The first-order valence-electron chi connectivity index (χ1n) is 5.89. The lowest BCUT2D eigenvalue weighted by atomic mass is 10.1. The first kappa shape index (κ1) is 14.4. The highest BCUT2D eigenvalue weighted by molar-refractivity contribution is 9.10. The monoisotopic (exact) mass is 334 g/mol. The van der Waals surface area contributed by atoms with Crippen LogP contribution in [0.3, 0.4) is 0 Å². The number of anilines is 1. The molecule has 0 bridgehead atoms. The van der Waals surface area contributed by atoms with E-state index >= 15 is 0 Å². The molecule has 0 unspecified atom stereocenters. The van der Waals surface area contributed by atoms with E-state index in [0.29, 0.717) is 25.3 Å². The molecule has 0 amide bonds. The minimum Gasteiger partial charge on any atom is -0.398 e. The Morgan fingerprint density at radius 2 is 2.05 bits per heavy atom. The largest absolute Gasteiger partial charge is 0.412 e. The molecule has 1 aromatic carbocycles. The SMILES string of the molecule is Nc1cc(CN2CC=C(C(F)(F)F)CC2)ccc1Br. The zero-order valence-corrected chi connectivity index (χ0v) is 11.8. The lowest BCUT2D eigenvalue weighted by Crippen LogP contribution is -2.31. The van der Waals surface area contributed by atoms with Gasteiger partial charge >= 0.3 is 6.18 Å². The molecule has 2 nitrogen and oxygen atoms in total. The molecule has 104 valence electrons. The van der Waals surface area contributed by atoms with Crippen LogP contribution >= 0.6 is 15.9 Å². The topological polar surface area (TPSA) is 29.3 Å². The van der Waals surface area contributed by atoms with Crippen molar-refractivity contribution >= 4 is 21.6 Å². The van der Waals surface area contributed by atoms with Gasteiger partial charge in [0, 0.05) is 35.4 Å². The minimum atomic E-state index is -4.19. The fourth-order valence-electron chi connectivity index (χ4n) is 2.06. The van der Waals surface area contributed by atoms with Crippen LogP contribution in [0.2, 0.25) is 0 Å². The second kappa shape index (κ2) is 5.54. The van der Waals surface area contributed by atoms with E-state index in [2.05, 4.69) is 15.9 Å². The van der Waals surface area contributed by atoms with E-state index in [-0.39, 0.29) is 6.42 Å². The molecule has 0 saturated heterocycles. The Labute approximate surface area is 118 Å². The smallest absolute Gasteiger partial charge is 0.398 e. The molecule has 0 fully saturated rings. The van der Waals surface area contributed by atoms with Gasteiger partial charge in [-0.05, 0) is 40.0 Å². The molecule has 2 rings (SSSR count). The van der Waals surface area contributed by atoms with Crippen LogP contribution in [0.5, 0.6) is 0 Å². The fraction of sp³-hybridized carbons (Fsp3) is 0.385. The summed E-state index contributed by atoms with van der Waals surface area (Å²) in [5.74, 6) is 0. The van der Waals surface area contributed by atoms with Crippen LogP contribution in [0.1, 0.15) is 12.0 Å². The highest BCUT2D eigenvalue weighted by atomic mass is 79.9. The molecule has 2 N–H and O–H groups in total. The summed E-state index contributed by atoms with van der Waals surface area (Å²) < 4.78 is 38.3. The summed E-state index contributed by atoms with van der Waals surface area (Å²) in [5.41, 5.74) is 7.01. The normalized spacial score (nSPS) is 17.4. The van der Waals surface area contributed by atoms with Crippen LogP contribution in [-0.4, -0.2) is 24.2 Å². The predicted molar refractivity (Wildman–Crippen MR) is 72.6 cm³/mol. The van der Waals surface area contributed by atoms with E-state index in [4.69, 9.17) is 5.73 Å². The van der Waals surface area contributed by atoms with E-state index in [0.717, 1.165) is 10.0 Å². The average Bonchev–Trinajstić information content (AvgIpc) is 2.33. The van der Waals surface area contributed by atoms with Crippen LogP contribution in [0.25, 0.3) is 0 Å². The number of nitrogens with two attached hydrogens (primary N) is 1. The summed E-state index contributed by atoms with van der Waals surface area (Å²) in [5, 5.41) is 0. The highest BCUT2D eigenvalue weighted by Crippen LogP contribution is 2.30. The number of halogens is 4. The van der Waals surface area contributed by atoms with Gasteiger partial charge in [-0.1, -0.05) is 12.1 Å². The van der Waals surface area contributed by atoms with Crippen molar-refractivity contribution in [3.63, 3.8) is 0 Å². The van der Waals surface area contributed by atoms with Crippen LogP contribution in [-0.2, 0) is 6.54 Å². The molecule has 0 spiro atoms. The summed E-state index contributed by atoms with van der Waals surface area (Å²) >= 11 is 3.31. The Balaban J connectivity index is 1.99. The fourth-order valence-corrected chi connectivity index (χ4v) is 2.31. The van der Waals surface area contributed by atoms with E-state index in [1.807, 2.05) is 23.1 Å². The molecule has 1 aliphatic heterocycles. The van der Waals surface area contributed by atoms with Crippen molar-refractivity contribution in [2.75, 3.05) is 18.8 Å². The molecule has 0 aromatic heterocycles. The molecule has 0 saturated carbocycles. The van der Waals surface area contributed by atoms with Gasteiger partial charge in [-0.2, -0.15) is 13.2 Å². The standard InChI is InChI=1S/C13H14BrF3N2/c14-11-2-1-9(7-12(11)18)8-19-5-3-10(4-6-19)13(15,16)17/h1-3,7H,4-6,8,18H2.